The van der Waals surface area contributed by atoms with E-state index in [9.17, 15) is 0 Å². The average molecular weight is 392 g/mol. The minimum Gasteiger partial charge on any atom is -0.457 e. The molecule has 3 aromatic carbocycles. The van der Waals surface area contributed by atoms with Gasteiger partial charge in [-0.25, -0.2) is 4.98 Å². The third-order valence-electron chi connectivity index (χ3n) is 5.05. The number of pyridine rings is 1. The number of anilines is 1. The van der Waals surface area contributed by atoms with Crippen LogP contribution >= 0.6 is 0 Å². The Morgan fingerprint density at radius 1 is 0.800 bits per heavy atom. The number of fused-ring (bicyclic) bond motifs is 1. The monoisotopic (exact) mass is 392 g/mol. The number of aromatic amines is 1. The van der Waals surface area contributed by atoms with Gasteiger partial charge in [-0.1, -0.05) is 60.2 Å². The summed E-state index contributed by atoms with van der Waals surface area (Å²) in [7, 11) is 0. The third-order valence-corrected chi connectivity index (χ3v) is 5.05. The number of rotatable bonds is 4. The SMILES string of the molecule is Cc1ccc(-c2cc(-c3ccc(Oc4ccccc4)cc3)c3c(N)n[nH]c3n2)cc1. The van der Waals surface area contributed by atoms with Crippen LogP contribution in [0.25, 0.3) is 33.4 Å². The molecule has 0 atom stereocenters. The van der Waals surface area contributed by atoms with Crippen LogP contribution < -0.4 is 10.5 Å². The molecular weight excluding hydrogens is 372 g/mol. The number of aryl methyl sites for hydroxylation is 1. The molecule has 2 heterocycles. The van der Waals surface area contributed by atoms with Crippen LogP contribution in [0.2, 0.25) is 0 Å². The molecule has 5 aromatic rings. The summed E-state index contributed by atoms with van der Waals surface area (Å²) in [6, 6.07) is 28.1. The van der Waals surface area contributed by atoms with Gasteiger partial charge in [0.1, 0.15) is 11.5 Å². The van der Waals surface area contributed by atoms with E-state index in [1.54, 1.807) is 0 Å². The molecular formula is C25H20N4O. The number of nitrogen functional groups attached to an aromatic ring is 1. The summed E-state index contributed by atoms with van der Waals surface area (Å²) in [6.07, 6.45) is 0. The highest BCUT2D eigenvalue weighted by atomic mass is 16.5. The fourth-order valence-corrected chi connectivity index (χ4v) is 3.48. The number of nitrogens with one attached hydrogen (secondary N) is 1. The van der Waals surface area contributed by atoms with Crippen LogP contribution in [0.3, 0.4) is 0 Å². The van der Waals surface area contributed by atoms with Crippen molar-refractivity contribution in [2.24, 2.45) is 0 Å². The Bertz CT molecular complexity index is 1310. The van der Waals surface area contributed by atoms with Crippen molar-refractivity contribution >= 4 is 16.9 Å². The summed E-state index contributed by atoms with van der Waals surface area (Å²) in [6.45, 7) is 2.07. The molecule has 0 fully saturated rings. The number of benzene rings is 3. The molecule has 146 valence electrons. The molecule has 2 aromatic heterocycles. The molecule has 0 radical (unpaired) electrons. The van der Waals surface area contributed by atoms with Gasteiger partial charge in [0.05, 0.1) is 11.1 Å². The van der Waals surface area contributed by atoms with Gasteiger partial charge in [0.25, 0.3) is 0 Å². The van der Waals surface area contributed by atoms with E-state index in [0.717, 1.165) is 39.3 Å². The summed E-state index contributed by atoms with van der Waals surface area (Å²) in [4.78, 5) is 4.73. The Morgan fingerprint density at radius 3 is 2.20 bits per heavy atom. The van der Waals surface area contributed by atoms with E-state index in [2.05, 4.69) is 47.5 Å². The zero-order valence-corrected chi connectivity index (χ0v) is 16.5. The van der Waals surface area contributed by atoms with Crippen molar-refractivity contribution in [3.8, 4) is 33.9 Å². The minimum absolute atomic E-state index is 0.438. The van der Waals surface area contributed by atoms with Crippen LogP contribution in [-0.4, -0.2) is 15.2 Å². The standard InChI is InChI=1S/C25H20N4O/c1-16-7-9-18(10-8-16)22-15-21(23-24(26)28-29-25(23)27-22)17-11-13-20(14-12-17)30-19-5-3-2-4-6-19/h2-15H,1H3,(H3,26,27,28,29). The Morgan fingerprint density at radius 2 is 1.47 bits per heavy atom. The lowest BCUT2D eigenvalue weighted by molar-refractivity contribution is 0.483. The van der Waals surface area contributed by atoms with Gasteiger partial charge >= 0.3 is 0 Å². The van der Waals surface area contributed by atoms with Crippen molar-refractivity contribution < 1.29 is 4.74 Å². The Labute approximate surface area is 174 Å². The van der Waals surface area contributed by atoms with E-state index in [-0.39, 0.29) is 0 Å². The van der Waals surface area contributed by atoms with Gasteiger partial charge in [0, 0.05) is 5.56 Å². The van der Waals surface area contributed by atoms with Gasteiger partial charge in [0.15, 0.2) is 11.5 Å². The van der Waals surface area contributed by atoms with E-state index in [1.165, 1.54) is 5.56 Å². The quantitative estimate of drug-likeness (QED) is 0.395. The topological polar surface area (TPSA) is 76.8 Å². The summed E-state index contributed by atoms with van der Waals surface area (Å²) >= 11 is 0. The zero-order chi connectivity index (χ0) is 20.5. The first kappa shape index (κ1) is 17.9. The second-order valence-electron chi connectivity index (χ2n) is 7.19. The Hall–Kier alpha value is -4.12. The van der Waals surface area contributed by atoms with Crippen molar-refractivity contribution in [1.82, 2.24) is 15.2 Å². The summed E-state index contributed by atoms with van der Waals surface area (Å²) in [5.74, 6) is 2.01. The maximum Gasteiger partial charge on any atom is 0.158 e. The Balaban J connectivity index is 1.57. The van der Waals surface area contributed by atoms with Crippen LogP contribution in [0.15, 0.2) is 84.9 Å². The zero-order valence-electron chi connectivity index (χ0n) is 16.5. The number of hydrogen-bond donors (Lipinski definition) is 2. The molecule has 0 aliphatic carbocycles. The third kappa shape index (κ3) is 3.37. The molecule has 0 unspecified atom stereocenters. The number of nitrogens with zero attached hydrogens (tertiary/aromatic N) is 2. The van der Waals surface area contributed by atoms with Gasteiger partial charge < -0.3 is 10.5 Å². The minimum atomic E-state index is 0.438. The molecule has 0 aliphatic heterocycles. The second kappa shape index (κ2) is 7.37. The van der Waals surface area contributed by atoms with Gasteiger partial charge in [0.2, 0.25) is 0 Å². The van der Waals surface area contributed by atoms with Crippen LogP contribution in [-0.2, 0) is 0 Å². The molecule has 0 bridgehead atoms. The van der Waals surface area contributed by atoms with E-state index in [4.69, 9.17) is 15.5 Å². The van der Waals surface area contributed by atoms with Crippen molar-refractivity contribution in [1.29, 1.82) is 0 Å². The second-order valence-corrected chi connectivity index (χ2v) is 7.19. The van der Waals surface area contributed by atoms with Gasteiger partial charge in [-0.2, -0.15) is 5.10 Å². The summed E-state index contributed by atoms with van der Waals surface area (Å²) in [5, 5.41) is 7.94. The number of H-pyrrole nitrogens is 1. The predicted molar refractivity (Wildman–Crippen MR) is 120 cm³/mol. The summed E-state index contributed by atoms with van der Waals surface area (Å²) in [5.41, 5.74) is 11.9. The molecule has 0 spiro atoms. The number of nitrogens with two attached hydrogens (primary N) is 1. The lowest BCUT2D eigenvalue weighted by Gasteiger charge is -2.10. The number of aromatic nitrogens is 3. The fourth-order valence-electron chi connectivity index (χ4n) is 3.48. The molecule has 30 heavy (non-hydrogen) atoms. The molecule has 0 saturated carbocycles. The maximum atomic E-state index is 6.15. The van der Waals surface area contributed by atoms with Crippen molar-refractivity contribution in [3.63, 3.8) is 0 Å². The van der Waals surface area contributed by atoms with Crippen LogP contribution in [0, 0.1) is 6.92 Å². The predicted octanol–water partition coefficient (Wildman–Crippen LogP) is 5.97. The summed E-state index contributed by atoms with van der Waals surface area (Å²) < 4.78 is 5.91. The van der Waals surface area contributed by atoms with Gasteiger partial charge in [-0.3, -0.25) is 5.10 Å². The van der Waals surface area contributed by atoms with Crippen LogP contribution in [0.4, 0.5) is 5.82 Å². The van der Waals surface area contributed by atoms with Crippen molar-refractivity contribution in [3.05, 3.63) is 90.5 Å². The molecule has 5 nitrogen and oxygen atoms in total. The van der Waals surface area contributed by atoms with Crippen LogP contribution in [0.1, 0.15) is 5.56 Å². The number of hydrogen-bond acceptors (Lipinski definition) is 4. The number of para-hydroxylation sites is 1. The maximum absolute atomic E-state index is 6.15. The lowest BCUT2D eigenvalue weighted by atomic mass is 9.99. The van der Waals surface area contributed by atoms with Crippen molar-refractivity contribution in [2.45, 2.75) is 6.92 Å². The first-order valence-corrected chi connectivity index (χ1v) is 9.72. The Kier molecular flexibility index (Phi) is 4.41. The molecule has 0 saturated heterocycles. The highest BCUT2D eigenvalue weighted by Gasteiger charge is 2.14. The molecule has 5 heteroatoms. The smallest absolute Gasteiger partial charge is 0.158 e. The highest BCUT2D eigenvalue weighted by Crippen LogP contribution is 2.35. The normalized spacial score (nSPS) is 11.0. The molecule has 0 amide bonds. The van der Waals surface area contributed by atoms with Crippen molar-refractivity contribution in [2.75, 3.05) is 5.73 Å². The fraction of sp³-hybridized carbons (Fsp3) is 0.0400. The average Bonchev–Trinajstić information content (AvgIpc) is 3.16. The van der Waals surface area contributed by atoms with E-state index in [1.807, 2.05) is 54.6 Å². The first-order chi connectivity index (χ1) is 14.7. The molecule has 3 N–H and O–H groups in total. The first-order valence-electron chi connectivity index (χ1n) is 9.72. The highest BCUT2D eigenvalue weighted by molar-refractivity contribution is 6.01. The van der Waals surface area contributed by atoms with Gasteiger partial charge in [-0.15, -0.1) is 0 Å². The van der Waals surface area contributed by atoms with E-state index < -0.39 is 0 Å². The van der Waals surface area contributed by atoms with E-state index in [0.29, 0.717) is 11.5 Å². The van der Waals surface area contributed by atoms with E-state index >= 15 is 0 Å². The molecule has 5 rings (SSSR count). The van der Waals surface area contributed by atoms with Gasteiger partial charge in [-0.05, 0) is 48.4 Å². The lowest BCUT2D eigenvalue weighted by Crippen LogP contribution is -1.91. The largest absolute Gasteiger partial charge is 0.457 e. The number of ether oxygens (including phenoxy) is 1. The van der Waals surface area contributed by atoms with Crippen LogP contribution in [0.5, 0.6) is 11.5 Å². The molecule has 0 aliphatic rings.